The van der Waals surface area contributed by atoms with Gasteiger partial charge in [0.25, 0.3) is 0 Å². The van der Waals surface area contributed by atoms with Crippen LogP contribution in [0.2, 0.25) is 0 Å². The molecule has 1 aromatic rings. The lowest BCUT2D eigenvalue weighted by Gasteiger charge is -2.29. The van der Waals surface area contributed by atoms with Crippen molar-refractivity contribution in [2.75, 3.05) is 20.8 Å². The van der Waals surface area contributed by atoms with Crippen LogP contribution in [0, 0.1) is 23.7 Å². The van der Waals surface area contributed by atoms with Gasteiger partial charge in [-0.05, 0) is 73.5 Å². The summed E-state index contributed by atoms with van der Waals surface area (Å²) in [5, 5.41) is 10.7. The predicted molar refractivity (Wildman–Crippen MR) is 131 cm³/mol. The van der Waals surface area contributed by atoms with Gasteiger partial charge in [0.2, 0.25) is 5.91 Å². The third-order valence-corrected chi connectivity index (χ3v) is 6.56. The zero-order valence-electron chi connectivity index (χ0n) is 21.0. The van der Waals surface area contributed by atoms with Crippen LogP contribution >= 0.6 is 0 Å². The summed E-state index contributed by atoms with van der Waals surface area (Å²) in [5.74, 6) is 0.999. The molecule has 0 saturated heterocycles. The second-order valence-electron chi connectivity index (χ2n) is 9.76. The van der Waals surface area contributed by atoms with Crippen LogP contribution in [0.25, 0.3) is 0 Å². The summed E-state index contributed by atoms with van der Waals surface area (Å²) in [6.45, 7) is 9.05. The zero-order chi connectivity index (χ0) is 24.3. The van der Waals surface area contributed by atoms with E-state index in [0.717, 1.165) is 38.0 Å². The first kappa shape index (κ1) is 28.4. The molecule has 1 aromatic carbocycles. The van der Waals surface area contributed by atoms with E-state index in [9.17, 15) is 9.90 Å². The molecule has 0 aliphatic rings. The van der Waals surface area contributed by atoms with Gasteiger partial charge in [-0.15, -0.1) is 0 Å². The Hall–Kier alpha value is -1.63. The van der Waals surface area contributed by atoms with Crippen molar-refractivity contribution in [1.82, 2.24) is 0 Å². The average Bonchev–Trinajstić information content (AvgIpc) is 2.73. The lowest BCUT2D eigenvalue weighted by Crippen LogP contribution is -2.41. The molecular weight excluding hydrogens is 404 g/mol. The van der Waals surface area contributed by atoms with E-state index in [4.69, 9.17) is 20.9 Å². The average molecular weight is 451 g/mol. The summed E-state index contributed by atoms with van der Waals surface area (Å²) in [6, 6.07) is 6.02. The van der Waals surface area contributed by atoms with Crippen molar-refractivity contribution in [3.8, 4) is 5.75 Å². The molecule has 0 aliphatic heterocycles. The number of carbonyl (C=O) groups is 1. The highest BCUT2D eigenvalue weighted by Crippen LogP contribution is 2.28. The van der Waals surface area contributed by atoms with Crippen molar-refractivity contribution >= 4 is 5.91 Å². The standard InChI is InChI=1S/C26H46N2O4/c1-17(2)21(15-23(27)24(29)16-22(18(3)4)26(28)30)14-19-10-11-25(32-6)20(13-19)9-7-8-12-31-5/h10-11,13,17-18,21-24,29H,7-9,12,14-16,27H2,1-6H3,(H2,28,30)/t21?,22-,23-,24?/m0/s1. The SMILES string of the molecule is COCCCCc1cc(CC(C[C@H](N)C(O)C[C@H](C(N)=O)C(C)C)C(C)C)ccc1OC. The number of amides is 1. The molecule has 6 heteroatoms. The number of hydrogen-bond donors (Lipinski definition) is 3. The van der Waals surface area contributed by atoms with Crippen molar-refractivity contribution in [1.29, 1.82) is 0 Å². The lowest BCUT2D eigenvalue weighted by atomic mass is 9.80. The molecule has 0 aromatic heterocycles. The second-order valence-corrected chi connectivity index (χ2v) is 9.76. The minimum absolute atomic E-state index is 0.0804. The number of ether oxygens (including phenoxy) is 2. The molecule has 32 heavy (non-hydrogen) atoms. The van der Waals surface area contributed by atoms with E-state index in [-0.39, 0.29) is 17.7 Å². The second kappa shape index (κ2) is 14.5. The van der Waals surface area contributed by atoms with Crippen LogP contribution in [0.4, 0.5) is 0 Å². The molecule has 0 heterocycles. The number of nitrogens with two attached hydrogens (primary N) is 2. The Morgan fingerprint density at radius 2 is 1.75 bits per heavy atom. The number of hydrogen-bond acceptors (Lipinski definition) is 5. The van der Waals surface area contributed by atoms with Crippen LogP contribution in [-0.4, -0.2) is 44.0 Å². The van der Waals surface area contributed by atoms with Gasteiger partial charge >= 0.3 is 0 Å². The fourth-order valence-corrected chi connectivity index (χ4v) is 4.27. The number of aliphatic hydroxyl groups is 1. The molecule has 1 rings (SSSR count). The fraction of sp³-hybridized carbons (Fsp3) is 0.731. The van der Waals surface area contributed by atoms with Gasteiger partial charge in [0.15, 0.2) is 0 Å². The maximum absolute atomic E-state index is 11.7. The Kier molecular flexibility index (Phi) is 12.9. The Bertz CT molecular complexity index is 678. The Balaban J connectivity index is 2.84. The van der Waals surface area contributed by atoms with Gasteiger partial charge < -0.3 is 26.0 Å². The third-order valence-electron chi connectivity index (χ3n) is 6.56. The first-order chi connectivity index (χ1) is 15.1. The van der Waals surface area contributed by atoms with Crippen LogP contribution < -0.4 is 16.2 Å². The van der Waals surface area contributed by atoms with E-state index in [1.54, 1.807) is 14.2 Å². The maximum Gasteiger partial charge on any atom is 0.220 e. The Labute approximate surface area is 195 Å². The number of unbranched alkanes of at least 4 members (excludes halogenated alkanes) is 1. The van der Waals surface area contributed by atoms with Crippen LogP contribution in [-0.2, 0) is 22.4 Å². The molecule has 0 aliphatic carbocycles. The van der Waals surface area contributed by atoms with E-state index in [1.165, 1.54) is 11.1 Å². The summed E-state index contributed by atoms with van der Waals surface area (Å²) in [6.07, 6.45) is 4.17. The van der Waals surface area contributed by atoms with E-state index < -0.39 is 12.1 Å². The van der Waals surface area contributed by atoms with Gasteiger partial charge in [-0.1, -0.05) is 39.8 Å². The summed E-state index contributed by atoms with van der Waals surface area (Å²) < 4.78 is 10.7. The van der Waals surface area contributed by atoms with Crippen molar-refractivity contribution in [3.63, 3.8) is 0 Å². The molecule has 0 saturated carbocycles. The minimum Gasteiger partial charge on any atom is -0.496 e. The number of benzene rings is 1. The predicted octanol–water partition coefficient (Wildman–Crippen LogP) is 3.70. The molecule has 0 radical (unpaired) electrons. The summed E-state index contributed by atoms with van der Waals surface area (Å²) in [4.78, 5) is 11.7. The van der Waals surface area contributed by atoms with E-state index in [2.05, 4.69) is 26.0 Å². The first-order valence-corrected chi connectivity index (χ1v) is 12.0. The molecule has 0 bridgehead atoms. The monoisotopic (exact) mass is 450 g/mol. The molecule has 6 nitrogen and oxygen atoms in total. The van der Waals surface area contributed by atoms with Gasteiger partial charge in [0.1, 0.15) is 5.75 Å². The minimum atomic E-state index is -0.747. The number of carbonyl (C=O) groups excluding carboxylic acids is 1. The van der Waals surface area contributed by atoms with Crippen molar-refractivity contribution in [3.05, 3.63) is 29.3 Å². The van der Waals surface area contributed by atoms with Crippen molar-refractivity contribution < 1.29 is 19.4 Å². The van der Waals surface area contributed by atoms with Gasteiger partial charge in [-0.3, -0.25) is 4.79 Å². The van der Waals surface area contributed by atoms with Crippen molar-refractivity contribution in [2.24, 2.45) is 35.1 Å². The first-order valence-electron chi connectivity index (χ1n) is 12.0. The van der Waals surface area contributed by atoms with Gasteiger partial charge in [-0.2, -0.15) is 0 Å². The molecule has 1 amide bonds. The largest absolute Gasteiger partial charge is 0.496 e. The Morgan fingerprint density at radius 1 is 1.06 bits per heavy atom. The summed E-state index contributed by atoms with van der Waals surface area (Å²) in [5.41, 5.74) is 14.4. The van der Waals surface area contributed by atoms with Gasteiger partial charge in [-0.25, -0.2) is 0 Å². The maximum atomic E-state index is 11.7. The zero-order valence-corrected chi connectivity index (χ0v) is 21.0. The molecule has 0 spiro atoms. The lowest BCUT2D eigenvalue weighted by molar-refractivity contribution is -0.124. The fourth-order valence-electron chi connectivity index (χ4n) is 4.27. The van der Waals surface area contributed by atoms with Crippen LogP contribution in [0.15, 0.2) is 18.2 Å². The van der Waals surface area contributed by atoms with Gasteiger partial charge in [0.05, 0.1) is 13.2 Å². The topological polar surface area (TPSA) is 108 Å². The molecule has 184 valence electrons. The number of primary amides is 1. The third kappa shape index (κ3) is 9.47. The quantitative estimate of drug-likeness (QED) is 0.333. The number of rotatable bonds is 16. The molecule has 4 atom stereocenters. The molecule has 0 fully saturated rings. The van der Waals surface area contributed by atoms with Crippen LogP contribution in [0.1, 0.15) is 64.5 Å². The highest BCUT2D eigenvalue weighted by Gasteiger charge is 2.28. The summed E-state index contributed by atoms with van der Waals surface area (Å²) >= 11 is 0. The van der Waals surface area contributed by atoms with Crippen LogP contribution in [0.5, 0.6) is 5.75 Å². The molecule has 5 N–H and O–H groups in total. The van der Waals surface area contributed by atoms with Crippen LogP contribution in [0.3, 0.4) is 0 Å². The highest BCUT2D eigenvalue weighted by atomic mass is 16.5. The number of aryl methyl sites for hydroxylation is 1. The Morgan fingerprint density at radius 3 is 2.28 bits per heavy atom. The number of aliphatic hydroxyl groups excluding tert-OH is 1. The molecular formula is C26H46N2O4. The van der Waals surface area contributed by atoms with E-state index in [1.807, 2.05) is 19.9 Å². The highest BCUT2D eigenvalue weighted by molar-refractivity contribution is 5.76. The van der Waals surface area contributed by atoms with Crippen molar-refractivity contribution in [2.45, 2.75) is 78.4 Å². The van der Waals surface area contributed by atoms with E-state index >= 15 is 0 Å². The number of methoxy groups -OCH3 is 2. The smallest absolute Gasteiger partial charge is 0.220 e. The summed E-state index contributed by atoms with van der Waals surface area (Å²) in [7, 11) is 3.44. The normalized spacial score (nSPS) is 15.6. The van der Waals surface area contributed by atoms with E-state index in [0.29, 0.717) is 24.7 Å². The molecule has 2 unspecified atom stereocenters. The van der Waals surface area contributed by atoms with Gasteiger partial charge in [0, 0.05) is 25.7 Å².